The average molecular weight is 404 g/mol. The Labute approximate surface area is 178 Å². The molecule has 4 aliphatic rings. The highest BCUT2D eigenvalue weighted by atomic mass is 19.1. The van der Waals surface area contributed by atoms with E-state index in [0.717, 1.165) is 50.5 Å². The molecule has 0 spiro atoms. The number of carbonyl (C=O) groups excluding carboxylic acids is 1. The molecule has 0 aliphatic heterocycles. The Morgan fingerprint density at radius 2 is 1.87 bits per heavy atom. The zero-order valence-electron chi connectivity index (χ0n) is 18.0. The standard InChI is InChI=1S/C27H30FNO/c1-26-13-11-17(16-29)15-19(26)5-8-21-22-9-10-24(27(22,2)14-12-23(21)26)25(30)18-3-6-20(28)7-4-18/h3-7,15,21-24H,8-14H2,1-2H3/t21-,22-,23-,24+,26-,27-/m0/s1. The maximum Gasteiger partial charge on any atom is 0.166 e. The van der Waals surface area contributed by atoms with Gasteiger partial charge in [0.25, 0.3) is 0 Å². The first-order valence-electron chi connectivity index (χ1n) is 11.5. The number of benzene rings is 1. The maximum atomic E-state index is 13.4. The van der Waals surface area contributed by atoms with Gasteiger partial charge >= 0.3 is 0 Å². The Kier molecular flexibility index (Phi) is 4.54. The number of rotatable bonds is 2. The van der Waals surface area contributed by atoms with E-state index < -0.39 is 0 Å². The van der Waals surface area contributed by atoms with Gasteiger partial charge in [-0.3, -0.25) is 4.79 Å². The molecule has 2 fully saturated rings. The average Bonchev–Trinajstić information content (AvgIpc) is 3.10. The number of hydrogen-bond acceptors (Lipinski definition) is 2. The van der Waals surface area contributed by atoms with E-state index in [1.165, 1.54) is 17.7 Å². The van der Waals surface area contributed by atoms with E-state index in [2.05, 4.69) is 32.1 Å². The van der Waals surface area contributed by atoms with E-state index in [1.54, 1.807) is 12.1 Å². The number of ketones is 1. The van der Waals surface area contributed by atoms with Crippen LogP contribution in [0.15, 0.2) is 47.6 Å². The van der Waals surface area contributed by atoms with Crippen molar-refractivity contribution in [2.24, 2.45) is 34.5 Å². The predicted molar refractivity (Wildman–Crippen MR) is 115 cm³/mol. The third-order valence-corrected chi connectivity index (χ3v) is 9.36. The van der Waals surface area contributed by atoms with Gasteiger partial charge in [0, 0.05) is 17.1 Å². The van der Waals surface area contributed by atoms with E-state index in [1.807, 2.05) is 0 Å². The molecule has 0 amide bonds. The summed E-state index contributed by atoms with van der Waals surface area (Å²) in [6.07, 6.45) is 11.9. The third-order valence-electron chi connectivity index (χ3n) is 9.36. The molecule has 0 N–H and O–H groups in total. The van der Waals surface area contributed by atoms with Crippen LogP contribution in [0.2, 0.25) is 0 Å². The normalized spacial score (nSPS) is 39.7. The molecule has 4 aliphatic carbocycles. The van der Waals surface area contributed by atoms with Crippen molar-refractivity contribution in [1.82, 2.24) is 0 Å². The van der Waals surface area contributed by atoms with Crippen LogP contribution < -0.4 is 0 Å². The first-order valence-corrected chi connectivity index (χ1v) is 11.5. The monoisotopic (exact) mass is 403 g/mol. The molecule has 0 saturated heterocycles. The van der Waals surface area contributed by atoms with Gasteiger partial charge in [-0.1, -0.05) is 19.9 Å². The van der Waals surface area contributed by atoms with Gasteiger partial charge in [-0.25, -0.2) is 4.39 Å². The highest BCUT2D eigenvalue weighted by Gasteiger charge is 2.59. The maximum absolute atomic E-state index is 13.4. The van der Waals surface area contributed by atoms with Crippen molar-refractivity contribution >= 4 is 5.78 Å². The summed E-state index contributed by atoms with van der Waals surface area (Å²) in [7, 11) is 0. The second-order valence-corrected chi connectivity index (χ2v) is 10.5. The highest BCUT2D eigenvalue weighted by molar-refractivity contribution is 5.98. The van der Waals surface area contributed by atoms with Gasteiger partial charge in [-0.2, -0.15) is 5.26 Å². The van der Waals surface area contributed by atoms with Gasteiger partial charge in [0.2, 0.25) is 0 Å². The van der Waals surface area contributed by atoms with Crippen molar-refractivity contribution < 1.29 is 9.18 Å². The van der Waals surface area contributed by atoms with Gasteiger partial charge in [0.1, 0.15) is 5.82 Å². The fourth-order valence-corrected chi connectivity index (χ4v) is 7.66. The lowest BCUT2D eigenvalue weighted by Crippen LogP contribution is -2.50. The summed E-state index contributed by atoms with van der Waals surface area (Å²) in [5.41, 5.74) is 3.17. The Morgan fingerprint density at radius 3 is 2.60 bits per heavy atom. The molecule has 30 heavy (non-hydrogen) atoms. The molecule has 0 bridgehead atoms. The van der Waals surface area contributed by atoms with Crippen LogP contribution in [-0.2, 0) is 0 Å². The second kappa shape index (κ2) is 6.91. The quantitative estimate of drug-likeness (QED) is 0.519. The van der Waals surface area contributed by atoms with Crippen LogP contribution in [0.25, 0.3) is 0 Å². The number of halogens is 1. The molecule has 0 unspecified atom stereocenters. The van der Waals surface area contributed by atoms with Crippen LogP contribution in [0.1, 0.15) is 69.2 Å². The van der Waals surface area contributed by atoms with Crippen molar-refractivity contribution in [3.05, 3.63) is 58.9 Å². The third kappa shape index (κ3) is 2.76. The van der Waals surface area contributed by atoms with Gasteiger partial charge in [-0.05, 0) is 109 Å². The lowest BCUT2D eigenvalue weighted by atomic mass is 9.47. The van der Waals surface area contributed by atoms with Gasteiger partial charge in [0.15, 0.2) is 5.78 Å². The predicted octanol–water partition coefficient (Wildman–Crippen LogP) is 6.65. The first-order chi connectivity index (χ1) is 14.4. The van der Waals surface area contributed by atoms with E-state index >= 15 is 0 Å². The van der Waals surface area contributed by atoms with Gasteiger partial charge < -0.3 is 0 Å². The van der Waals surface area contributed by atoms with Crippen molar-refractivity contribution in [3.8, 4) is 6.07 Å². The zero-order chi connectivity index (χ0) is 21.1. The number of carbonyl (C=O) groups is 1. The van der Waals surface area contributed by atoms with E-state index in [9.17, 15) is 14.4 Å². The van der Waals surface area contributed by atoms with E-state index in [0.29, 0.717) is 23.3 Å². The lowest BCUT2D eigenvalue weighted by Gasteiger charge is -2.56. The van der Waals surface area contributed by atoms with Crippen LogP contribution in [0, 0.1) is 51.6 Å². The Bertz CT molecular complexity index is 983. The minimum absolute atomic E-state index is 0.0384. The molecule has 3 heteroatoms. The molecule has 2 saturated carbocycles. The highest BCUT2D eigenvalue weighted by Crippen LogP contribution is 2.66. The number of fused-ring (bicyclic) bond motifs is 5. The molecule has 6 atom stereocenters. The van der Waals surface area contributed by atoms with Gasteiger partial charge in [-0.15, -0.1) is 0 Å². The summed E-state index contributed by atoms with van der Waals surface area (Å²) in [5, 5.41) is 9.35. The topological polar surface area (TPSA) is 40.9 Å². The fourth-order valence-electron chi connectivity index (χ4n) is 7.66. The van der Waals surface area contributed by atoms with Crippen molar-refractivity contribution in [2.75, 3.05) is 0 Å². The summed E-state index contributed by atoms with van der Waals surface area (Å²) < 4.78 is 13.3. The second-order valence-electron chi connectivity index (χ2n) is 10.5. The zero-order valence-corrected chi connectivity index (χ0v) is 18.0. The Hall–Kier alpha value is -2.21. The molecule has 1 aromatic carbocycles. The van der Waals surface area contributed by atoms with E-state index in [-0.39, 0.29) is 28.3 Å². The first kappa shape index (κ1) is 19.7. The molecule has 1 aromatic rings. The molecule has 0 radical (unpaired) electrons. The molecular weight excluding hydrogens is 373 g/mol. The Balaban J connectivity index is 1.44. The summed E-state index contributed by atoms with van der Waals surface area (Å²) in [6.45, 7) is 4.77. The lowest BCUT2D eigenvalue weighted by molar-refractivity contribution is -0.0314. The largest absolute Gasteiger partial charge is 0.294 e. The number of nitriles is 1. The van der Waals surface area contributed by atoms with Crippen LogP contribution in [0.3, 0.4) is 0 Å². The van der Waals surface area contributed by atoms with E-state index in [4.69, 9.17) is 0 Å². The summed E-state index contributed by atoms with van der Waals surface area (Å²) in [6, 6.07) is 8.47. The fraction of sp³-hybridized carbons (Fsp3) is 0.556. The number of Topliss-reactive ketones (excluding diaryl/α,β-unsaturated/α-hetero) is 1. The summed E-state index contributed by atoms with van der Waals surface area (Å²) >= 11 is 0. The van der Waals surface area contributed by atoms with Crippen LogP contribution >= 0.6 is 0 Å². The summed E-state index contributed by atoms with van der Waals surface area (Å²) in [4.78, 5) is 13.4. The smallest absolute Gasteiger partial charge is 0.166 e. The summed E-state index contributed by atoms with van der Waals surface area (Å²) in [5.74, 6) is 1.80. The molecule has 0 aromatic heterocycles. The molecule has 2 nitrogen and oxygen atoms in total. The SMILES string of the molecule is C[C@]12CC[C@H]3[C@@H](CC=C4C=C(C#N)CC[C@@]43C)[C@@H]1CC[C@@H]2C(=O)c1ccc(F)cc1. The minimum atomic E-state index is -0.290. The van der Waals surface area contributed by atoms with Crippen molar-refractivity contribution in [1.29, 1.82) is 5.26 Å². The minimum Gasteiger partial charge on any atom is -0.294 e. The van der Waals surface area contributed by atoms with Crippen LogP contribution in [-0.4, -0.2) is 5.78 Å². The number of hydrogen-bond donors (Lipinski definition) is 0. The number of nitrogens with zero attached hydrogens (tertiary/aromatic N) is 1. The van der Waals surface area contributed by atoms with Crippen molar-refractivity contribution in [2.45, 2.75) is 58.8 Å². The molecule has 0 heterocycles. The Morgan fingerprint density at radius 1 is 1.10 bits per heavy atom. The number of allylic oxidation sites excluding steroid dienone is 4. The van der Waals surface area contributed by atoms with Crippen molar-refractivity contribution in [3.63, 3.8) is 0 Å². The van der Waals surface area contributed by atoms with Gasteiger partial charge in [0.05, 0.1) is 6.07 Å². The molecule has 5 rings (SSSR count). The van der Waals surface area contributed by atoms with Crippen LogP contribution in [0.5, 0.6) is 0 Å². The molecule has 156 valence electrons. The molecular formula is C27H30FNO. The van der Waals surface area contributed by atoms with Crippen LogP contribution in [0.4, 0.5) is 4.39 Å².